The minimum Gasteiger partial charge on any atom is -0.507 e. The van der Waals surface area contributed by atoms with E-state index in [2.05, 4.69) is 17.6 Å². The summed E-state index contributed by atoms with van der Waals surface area (Å²) in [5.41, 5.74) is 12.9. The summed E-state index contributed by atoms with van der Waals surface area (Å²) in [6.07, 6.45) is 2.66. The Morgan fingerprint density at radius 2 is 1.76 bits per heavy atom. The molecule has 33 heavy (non-hydrogen) atoms. The number of carbonyl (C=O) groups excluding carboxylic acids is 1. The number of aromatic nitrogens is 1. The van der Waals surface area contributed by atoms with Crippen LogP contribution in [-0.4, -0.2) is 39.3 Å². The summed E-state index contributed by atoms with van der Waals surface area (Å²) in [5, 5.41) is 35.8. The standard InChI is InChI=1S/C16H16N4O3S.C7H10N2/c1-8-2-4-9(5-3-8)20(15(18)16(19)23)14(17)10-6-13(24)12(22)7-11(10)21;8-5-4-7-3-1-2-6-9-7/h2-7,17-18,21-22,24H,1H3,(H2,19,23);1-3,6H,4-5,8H2. The molecule has 0 radical (unpaired) electrons. The van der Waals surface area contributed by atoms with Crippen LogP contribution in [0.4, 0.5) is 5.69 Å². The van der Waals surface area contributed by atoms with Gasteiger partial charge in [-0.05, 0) is 43.8 Å². The predicted octanol–water partition coefficient (Wildman–Crippen LogP) is 2.57. The second-order valence-electron chi connectivity index (χ2n) is 6.95. The molecule has 0 saturated carbocycles. The highest BCUT2D eigenvalue weighted by Crippen LogP contribution is 2.31. The van der Waals surface area contributed by atoms with Crippen LogP contribution in [0.5, 0.6) is 11.5 Å². The first-order chi connectivity index (χ1) is 15.6. The Hall–Kier alpha value is -3.89. The van der Waals surface area contributed by atoms with Gasteiger partial charge in [0.2, 0.25) is 0 Å². The maximum atomic E-state index is 11.5. The minimum atomic E-state index is -1.02. The van der Waals surface area contributed by atoms with E-state index in [0.717, 1.165) is 28.6 Å². The van der Waals surface area contributed by atoms with E-state index < -0.39 is 11.7 Å². The molecule has 172 valence electrons. The zero-order valence-electron chi connectivity index (χ0n) is 18.0. The molecule has 3 rings (SSSR count). The van der Waals surface area contributed by atoms with Crippen LogP contribution in [-0.2, 0) is 11.2 Å². The number of amidine groups is 2. The van der Waals surface area contributed by atoms with E-state index >= 15 is 0 Å². The zero-order valence-corrected chi connectivity index (χ0v) is 18.9. The number of phenols is 2. The number of anilines is 1. The van der Waals surface area contributed by atoms with Crippen LogP contribution in [0.3, 0.4) is 0 Å². The number of thiol groups is 1. The first-order valence-corrected chi connectivity index (χ1v) is 10.3. The van der Waals surface area contributed by atoms with Gasteiger partial charge in [-0.25, -0.2) is 0 Å². The van der Waals surface area contributed by atoms with Gasteiger partial charge in [-0.15, -0.1) is 12.6 Å². The number of nitrogens with one attached hydrogen (secondary N) is 2. The highest BCUT2D eigenvalue weighted by Gasteiger charge is 2.25. The Balaban J connectivity index is 0.000000357. The number of benzene rings is 2. The van der Waals surface area contributed by atoms with Crippen molar-refractivity contribution in [2.24, 2.45) is 11.5 Å². The fourth-order valence-corrected chi connectivity index (χ4v) is 2.94. The smallest absolute Gasteiger partial charge is 0.284 e. The molecule has 0 fully saturated rings. The summed E-state index contributed by atoms with van der Waals surface area (Å²) < 4.78 is 0. The van der Waals surface area contributed by atoms with E-state index in [1.807, 2.05) is 25.1 Å². The van der Waals surface area contributed by atoms with Gasteiger partial charge in [0.1, 0.15) is 17.3 Å². The molecule has 1 amide bonds. The molecule has 0 aliphatic carbocycles. The second kappa shape index (κ2) is 11.7. The molecule has 0 saturated heterocycles. The van der Waals surface area contributed by atoms with Gasteiger partial charge < -0.3 is 21.7 Å². The van der Waals surface area contributed by atoms with Crippen molar-refractivity contribution in [3.05, 3.63) is 77.6 Å². The van der Waals surface area contributed by atoms with E-state index in [1.165, 1.54) is 6.07 Å². The maximum Gasteiger partial charge on any atom is 0.284 e. The van der Waals surface area contributed by atoms with Gasteiger partial charge in [-0.1, -0.05) is 23.8 Å². The normalized spacial score (nSPS) is 10.0. The Labute approximate surface area is 197 Å². The van der Waals surface area contributed by atoms with Crippen molar-refractivity contribution >= 4 is 35.9 Å². The number of rotatable bonds is 4. The number of amides is 1. The summed E-state index contributed by atoms with van der Waals surface area (Å²) >= 11 is 4.05. The molecule has 3 aromatic rings. The number of aryl methyl sites for hydroxylation is 1. The molecule has 9 nitrogen and oxygen atoms in total. The number of pyridine rings is 1. The number of nitrogens with zero attached hydrogens (tertiary/aromatic N) is 2. The van der Waals surface area contributed by atoms with Gasteiger partial charge in [0.05, 0.1) is 5.56 Å². The summed E-state index contributed by atoms with van der Waals surface area (Å²) in [4.78, 5) is 16.7. The lowest BCUT2D eigenvalue weighted by atomic mass is 10.1. The summed E-state index contributed by atoms with van der Waals surface area (Å²) in [7, 11) is 0. The highest BCUT2D eigenvalue weighted by molar-refractivity contribution is 7.80. The number of aromatic hydroxyl groups is 2. The first kappa shape index (κ1) is 25.4. The molecule has 0 aliphatic heterocycles. The average molecular weight is 467 g/mol. The lowest BCUT2D eigenvalue weighted by molar-refractivity contribution is -0.112. The van der Waals surface area contributed by atoms with E-state index in [0.29, 0.717) is 12.2 Å². The molecule has 2 aromatic carbocycles. The topological polar surface area (TPSA) is 173 Å². The van der Waals surface area contributed by atoms with Crippen LogP contribution in [0, 0.1) is 17.7 Å². The van der Waals surface area contributed by atoms with Gasteiger partial charge in [-0.2, -0.15) is 0 Å². The number of hydrogen-bond donors (Lipinski definition) is 7. The molecule has 1 heterocycles. The number of nitrogens with two attached hydrogens (primary N) is 2. The summed E-state index contributed by atoms with van der Waals surface area (Å²) in [6, 6.07) is 14.9. The van der Waals surface area contributed by atoms with Crippen LogP contribution in [0.25, 0.3) is 0 Å². The SMILES string of the molecule is Cc1ccc(N(C(=N)C(N)=O)C(=N)c2cc(S)c(O)cc2O)cc1.NCCc1ccccn1. The molecular weight excluding hydrogens is 440 g/mol. The molecule has 0 spiro atoms. The molecule has 0 bridgehead atoms. The van der Waals surface area contributed by atoms with Crippen molar-refractivity contribution in [2.45, 2.75) is 18.2 Å². The molecule has 0 atom stereocenters. The molecule has 10 heteroatoms. The third kappa shape index (κ3) is 6.79. The van der Waals surface area contributed by atoms with Crippen LogP contribution in [0.2, 0.25) is 0 Å². The molecule has 0 aliphatic rings. The van der Waals surface area contributed by atoms with Crippen LogP contribution in [0.15, 0.2) is 65.7 Å². The molecule has 8 N–H and O–H groups in total. The Morgan fingerprint density at radius 3 is 2.30 bits per heavy atom. The third-order valence-electron chi connectivity index (χ3n) is 4.45. The van der Waals surface area contributed by atoms with Crippen molar-refractivity contribution in [2.75, 3.05) is 11.4 Å². The predicted molar refractivity (Wildman–Crippen MR) is 131 cm³/mol. The van der Waals surface area contributed by atoms with Crippen molar-refractivity contribution in [1.29, 1.82) is 10.8 Å². The fraction of sp³-hybridized carbons (Fsp3) is 0.130. The van der Waals surface area contributed by atoms with E-state index in [1.54, 1.807) is 30.5 Å². The minimum absolute atomic E-state index is 0.00984. The fourth-order valence-electron chi connectivity index (χ4n) is 2.74. The zero-order chi connectivity index (χ0) is 24.5. The molecule has 1 aromatic heterocycles. The van der Waals surface area contributed by atoms with Crippen LogP contribution in [0.1, 0.15) is 16.8 Å². The van der Waals surface area contributed by atoms with Gasteiger partial charge >= 0.3 is 0 Å². The monoisotopic (exact) mass is 466 g/mol. The maximum absolute atomic E-state index is 11.5. The van der Waals surface area contributed by atoms with Crippen LogP contribution < -0.4 is 16.4 Å². The Kier molecular flexibility index (Phi) is 8.96. The lowest BCUT2D eigenvalue weighted by Gasteiger charge is -2.25. The average Bonchev–Trinajstić information content (AvgIpc) is 2.79. The summed E-state index contributed by atoms with van der Waals surface area (Å²) in [5.74, 6) is -2.64. The van der Waals surface area contributed by atoms with E-state index in [9.17, 15) is 15.0 Å². The van der Waals surface area contributed by atoms with E-state index in [4.69, 9.17) is 22.3 Å². The quantitative estimate of drug-likeness (QED) is 0.177. The van der Waals surface area contributed by atoms with Crippen molar-refractivity contribution in [3.8, 4) is 11.5 Å². The van der Waals surface area contributed by atoms with Gasteiger partial charge in [0, 0.05) is 35.0 Å². The van der Waals surface area contributed by atoms with Gasteiger partial charge in [0.25, 0.3) is 5.91 Å². The lowest BCUT2D eigenvalue weighted by Crippen LogP contribution is -2.44. The number of phenolic OH excluding ortho intramolecular Hbond substituents is 2. The van der Waals surface area contributed by atoms with Crippen molar-refractivity contribution in [3.63, 3.8) is 0 Å². The third-order valence-corrected chi connectivity index (χ3v) is 4.81. The highest BCUT2D eigenvalue weighted by atomic mass is 32.1. The van der Waals surface area contributed by atoms with E-state index in [-0.39, 0.29) is 27.8 Å². The summed E-state index contributed by atoms with van der Waals surface area (Å²) in [6.45, 7) is 2.55. The van der Waals surface area contributed by atoms with Gasteiger partial charge in [0.15, 0.2) is 5.84 Å². The first-order valence-electron chi connectivity index (χ1n) is 9.84. The largest absolute Gasteiger partial charge is 0.507 e. The molecule has 0 unspecified atom stereocenters. The number of hydrogen-bond acceptors (Lipinski definition) is 8. The number of carbonyl (C=O) groups is 1. The Morgan fingerprint density at radius 1 is 1.09 bits per heavy atom. The second-order valence-corrected chi connectivity index (χ2v) is 7.43. The van der Waals surface area contributed by atoms with Gasteiger partial charge in [-0.3, -0.25) is 25.5 Å². The Bertz CT molecular complexity index is 1140. The number of primary amides is 1. The molecular formula is C23H26N6O3S. The van der Waals surface area contributed by atoms with Crippen molar-refractivity contribution < 1.29 is 15.0 Å². The van der Waals surface area contributed by atoms with Crippen molar-refractivity contribution in [1.82, 2.24) is 4.98 Å². The van der Waals surface area contributed by atoms with Crippen LogP contribution >= 0.6 is 12.6 Å².